The van der Waals surface area contributed by atoms with Gasteiger partial charge in [0.15, 0.2) is 0 Å². The zero-order chi connectivity index (χ0) is 12.1. The first-order valence-corrected chi connectivity index (χ1v) is 6.24. The van der Waals surface area contributed by atoms with Gasteiger partial charge in [-0.1, -0.05) is 13.8 Å². The topological polar surface area (TPSA) is 29.9 Å². The monoisotopic (exact) mass is 223 g/mol. The van der Waals surface area contributed by atoms with Gasteiger partial charge in [-0.25, -0.2) is 4.98 Å². The molecule has 2 atom stereocenters. The van der Waals surface area contributed by atoms with Crippen molar-refractivity contribution in [3.63, 3.8) is 0 Å². The van der Waals surface area contributed by atoms with Crippen LogP contribution in [0.25, 0.3) is 0 Å². The molecule has 3 nitrogen and oxygen atoms in total. The second kappa shape index (κ2) is 6.04. The molecule has 0 aliphatic heterocycles. The minimum Gasteiger partial charge on any atom is -0.337 e. The zero-order valence-electron chi connectivity index (χ0n) is 11.2. The van der Waals surface area contributed by atoms with Crippen LogP contribution < -0.4 is 5.32 Å². The highest BCUT2D eigenvalue weighted by Crippen LogP contribution is 2.12. The quantitative estimate of drug-likeness (QED) is 0.803. The summed E-state index contributed by atoms with van der Waals surface area (Å²) in [4.78, 5) is 4.36. The lowest BCUT2D eigenvalue weighted by atomic mass is 10.0. The number of imidazole rings is 1. The fourth-order valence-electron chi connectivity index (χ4n) is 1.96. The Hall–Kier alpha value is -0.830. The molecule has 0 saturated heterocycles. The maximum atomic E-state index is 4.36. The molecule has 2 unspecified atom stereocenters. The second-order valence-corrected chi connectivity index (χ2v) is 5.16. The van der Waals surface area contributed by atoms with Crippen molar-refractivity contribution in [3.05, 3.63) is 18.2 Å². The number of hydrogen-bond acceptors (Lipinski definition) is 2. The Balaban J connectivity index is 2.39. The Morgan fingerprint density at radius 1 is 1.25 bits per heavy atom. The minimum atomic E-state index is 0.321. The van der Waals surface area contributed by atoms with Crippen molar-refractivity contribution in [2.75, 3.05) is 0 Å². The molecule has 0 aliphatic rings. The summed E-state index contributed by atoms with van der Waals surface area (Å²) in [5, 5.41) is 3.60. The Kier molecular flexibility index (Phi) is 5.00. The molecule has 1 rings (SSSR count). The van der Waals surface area contributed by atoms with Gasteiger partial charge in [-0.2, -0.15) is 0 Å². The highest BCUT2D eigenvalue weighted by molar-refractivity contribution is 4.97. The van der Waals surface area contributed by atoms with Gasteiger partial charge in [0.25, 0.3) is 0 Å². The highest BCUT2D eigenvalue weighted by atomic mass is 15.1. The number of nitrogens with zero attached hydrogens (tertiary/aromatic N) is 2. The van der Waals surface area contributed by atoms with Crippen LogP contribution >= 0.6 is 0 Å². The summed E-state index contributed by atoms with van der Waals surface area (Å²) in [6.45, 7) is 8.97. The molecule has 1 aromatic rings. The Morgan fingerprint density at radius 3 is 2.44 bits per heavy atom. The van der Waals surface area contributed by atoms with Crippen LogP contribution in [0.15, 0.2) is 12.4 Å². The third-order valence-corrected chi connectivity index (χ3v) is 2.96. The number of hydrogen-bond donors (Lipinski definition) is 1. The molecule has 0 spiro atoms. The van der Waals surface area contributed by atoms with E-state index in [1.165, 1.54) is 12.8 Å². The van der Waals surface area contributed by atoms with Crippen LogP contribution in [0.5, 0.6) is 0 Å². The lowest BCUT2D eigenvalue weighted by molar-refractivity contribution is 0.405. The molecule has 0 aliphatic carbocycles. The van der Waals surface area contributed by atoms with E-state index in [4.69, 9.17) is 0 Å². The molecule has 0 fully saturated rings. The van der Waals surface area contributed by atoms with E-state index in [2.05, 4.69) is 42.6 Å². The van der Waals surface area contributed by atoms with E-state index in [9.17, 15) is 0 Å². The first-order valence-electron chi connectivity index (χ1n) is 6.24. The first-order chi connectivity index (χ1) is 7.50. The van der Waals surface area contributed by atoms with Gasteiger partial charge in [-0.3, -0.25) is 0 Å². The van der Waals surface area contributed by atoms with Crippen LogP contribution in [-0.4, -0.2) is 15.6 Å². The summed E-state index contributed by atoms with van der Waals surface area (Å²) in [7, 11) is 2.04. The lowest BCUT2D eigenvalue weighted by Crippen LogP contribution is -2.30. The number of aryl methyl sites for hydroxylation is 1. The average Bonchev–Trinajstić information content (AvgIpc) is 2.61. The van der Waals surface area contributed by atoms with Gasteiger partial charge in [0, 0.05) is 25.5 Å². The van der Waals surface area contributed by atoms with Gasteiger partial charge in [0.05, 0.1) is 6.04 Å². The maximum absolute atomic E-state index is 4.36. The van der Waals surface area contributed by atoms with Crippen molar-refractivity contribution in [1.29, 1.82) is 0 Å². The van der Waals surface area contributed by atoms with E-state index in [1.807, 2.05) is 19.4 Å². The summed E-state index contributed by atoms with van der Waals surface area (Å²) in [6, 6.07) is 0.872. The predicted octanol–water partition coefficient (Wildman–Crippen LogP) is 2.90. The molecular weight excluding hydrogens is 198 g/mol. The van der Waals surface area contributed by atoms with Crippen LogP contribution in [0.3, 0.4) is 0 Å². The van der Waals surface area contributed by atoms with Gasteiger partial charge >= 0.3 is 0 Å². The first kappa shape index (κ1) is 13.2. The van der Waals surface area contributed by atoms with Gasteiger partial charge in [-0.05, 0) is 32.6 Å². The normalized spacial score (nSPS) is 15.4. The average molecular weight is 223 g/mol. The van der Waals surface area contributed by atoms with Crippen molar-refractivity contribution in [3.8, 4) is 0 Å². The fourth-order valence-corrected chi connectivity index (χ4v) is 1.96. The van der Waals surface area contributed by atoms with E-state index in [-0.39, 0.29) is 0 Å². The molecule has 1 heterocycles. The van der Waals surface area contributed by atoms with Gasteiger partial charge in [-0.15, -0.1) is 0 Å². The summed E-state index contributed by atoms with van der Waals surface area (Å²) >= 11 is 0. The predicted molar refractivity (Wildman–Crippen MR) is 68.3 cm³/mol. The molecule has 0 saturated carbocycles. The van der Waals surface area contributed by atoms with E-state index in [0.29, 0.717) is 12.1 Å². The van der Waals surface area contributed by atoms with Gasteiger partial charge in [0.2, 0.25) is 0 Å². The number of nitrogens with one attached hydrogen (secondary N) is 1. The summed E-state index contributed by atoms with van der Waals surface area (Å²) in [6.07, 6.45) is 6.35. The molecular formula is C13H25N3. The molecule has 0 aromatic carbocycles. The van der Waals surface area contributed by atoms with E-state index in [1.54, 1.807) is 0 Å². The molecule has 1 N–H and O–H groups in total. The molecule has 0 radical (unpaired) electrons. The van der Waals surface area contributed by atoms with Crippen molar-refractivity contribution in [2.24, 2.45) is 13.0 Å². The van der Waals surface area contributed by atoms with E-state index in [0.717, 1.165) is 11.7 Å². The standard InChI is InChI=1S/C13H25N3/c1-10(2)6-7-11(3)15-12(4)13-14-8-9-16(13)5/h8-12,15H,6-7H2,1-5H3. The number of aromatic nitrogens is 2. The van der Waals surface area contributed by atoms with Crippen molar-refractivity contribution in [2.45, 2.75) is 52.6 Å². The van der Waals surface area contributed by atoms with Crippen LogP contribution in [0.1, 0.15) is 52.4 Å². The summed E-state index contributed by atoms with van der Waals surface area (Å²) in [5.41, 5.74) is 0. The van der Waals surface area contributed by atoms with Crippen LogP contribution in [-0.2, 0) is 7.05 Å². The van der Waals surface area contributed by atoms with Gasteiger partial charge in [0.1, 0.15) is 5.82 Å². The molecule has 0 bridgehead atoms. The van der Waals surface area contributed by atoms with E-state index < -0.39 is 0 Å². The zero-order valence-corrected chi connectivity index (χ0v) is 11.2. The fraction of sp³-hybridized carbons (Fsp3) is 0.769. The van der Waals surface area contributed by atoms with Crippen LogP contribution in [0, 0.1) is 5.92 Å². The SMILES string of the molecule is CC(C)CCC(C)NC(C)c1nccn1C. The Morgan fingerprint density at radius 2 is 1.94 bits per heavy atom. The van der Waals surface area contributed by atoms with Crippen molar-refractivity contribution >= 4 is 0 Å². The highest BCUT2D eigenvalue weighted by Gasteiger charge is 2.13. The molecule has 1 aromatic heterocycles. The summed E-state index contributed by atoms with van der Waals surface area (Å²) in [5.74, 6) is 1.89. The largest absolute Gasteiger partial charge is 0.337 e. The van der Waals surface area contributed by atoms with Crippen molar-refractivity contribution < 1.29 is 0 Å². The number of rotatable bonds is 6. The molecule has 3 heteroatoms. The molecule has 0 amide bonds. The third kappa shape index (κ3) is 3.97. The smallest absolute Gasteiger partial charge is 0.125 e. The van der Waals surface area contributed by atoms with E-state index >= 15 is 0 Å². The third-order valence-electron chi connectivity index (χ3n) is 2.96. The van der Waals surface area contributed by atoms with Crippen LogP contribution in [0.4, 0.5) is 0 Å². The Labute approximate surface area is 99.3 Å². The maximum Gasteiger partial charge on any atom is 0.125 e. The van der Waals surface area contributed by atoms with Crippen molar-refractivity contribution in [1.82, 2.24) is 14.9 Å². The molecule has 16 heavy (non-hydrogen) atoms. The Bertz CT molecular complexity index is 304. The van der Waals surface area contributed by atoms with Gasteiger partial charge < -0.3 is 9.88 Å². The lowest BCUT2D eigenvalue weighted by Gasteiger charge is -2.20. The minimum absolute atomic E-state index is 0.321. The van der Waals surface area contributed by atoms with Crippen LogP contribution in [0.2, 0.25) is 0 Å². The molecule has 92 valence electrons. The second-order valence-electron chi connectivity index (χ2n) is 5.16. The summed E-state index contributed by atoms with van der Waals surface area (Å²) < 4.78 is 2.08.